The van der Waals surface area contributed by atoms with E-state index in [0.717, 1.165) is 13.0 Å². The summed E-state index contributed by atoms with van der Waals surface area (Å²) in [5.74, 6) is 1.91. The summed E-state index contributed by atoms with van der Waals surface area (Å²) in [4.78, 5) is 14.8. The van der Waals surface area contributed by atoms with E-state index >= 15 is 0 Å². The monoisotopic (exact) mass is 266 g/mol. The summed E-state index contributed by atoms with van der Waals surface area (Å²) in [6, 6.07) is 0.0271. The van der Waals surface area contributed by atoms with Crippen LogP contribution in [0.4, 0.5) is 0 Å². The fourth-order valence-corrected chi connectivity index (χ4v) is 3.19. The Balaban J connectivity index is 2.08. The van der Waals surface area contributed by atoms with Crippen LogP contribution in [0.15, 0.2) is 0 Å². The summed E-state index contributed by atoms with van der Waals surface area (Å²) in [5, 5.41) is 3.58. The molecule has 0 aromatic heterocycles. The van der Waals surface area contributed by atoms with Crippen molar-refractivity contribution in [1.82, 2.24) is 10.2 Å². The summed E-state index contributed by atoms with van der Waals surface area (Å²) < 4.78 is 0. The molecule has 1 amide bonds. The van der Waals surface area contributed by atoms with Crippen LogP contribution in [0.25, 0.3) is 0 Å². The zero-order valence-electron chi connectivity index (χ0n) is 13.4. The Morgan fingerprint density at radius 2 is 1.95 bits per heavy atom. The van der Waals surface area contributed by atoms with E-state index in [-0.39, 0.29) is 12.2 Å². The molecule has 1 N–H and O–H groups in total. The molecule has 2 aliphatic rings. The number of rotatable bonds is 5. The Morgan fingerprint density at radius 1 is 1.37 bits per heavy atom. The van der Waals surface area contributed by atoms with Crippen LogP contribution in [0.2, 0.25) is 0 Å². The summed E-state index contributed by atoms with van der Waals surface area (Å²) in [5.41, 5.74) is 0.441. The van der Waals surface area contributed by atoms with Crippen LogP contribution in [0, 0.1) is 23.2 Å². The molecular weight excluding hydrogens is 236 g/mol. The van der Waals surface area contributed by atoms with Crippen molar-refractivity contribution in [3.8, 4) is 0 Å². The molecule has 3 nitrogen and oxygen atoms in total. The van der Waals surface area contributed by atoms with Crippen LogP contribution in [0.1, 0.15) is 54.4 Å². The van der Waals surface area contributed by atoms with Crippen molar-refractivity contribution in [2.75, 3.05) is 6.54 Å². The zero-order valence-corrected chi connectivity index (χ0v) is 13.4. The Morgan fingerprint density at radius 3 is 2.37 bits per heavy atom. The predicted molar refractivity (Wildman–Crippen MR) is 78.6 cm³/mol. The highest BCUT2D eigenvalue weighted by molar-refractivity contribution is 5.84. The topological polar surface area (TPSA) is 32.3 Å². The third kappa shape index (κ3) is 2.81. The fraction of sp³-hybridized carbons (Fsp3) is 0.938. The smallest absolute Gasteiger partial charge is 0.241 e. The molecule has 0 radical (unpaired) electrons. The van der Waals surface area contributed by atoms with Gasteiger partial charge in [-0.05, 0) is 29.6 Å². The molecule has 19 heavy (non-hydrogen) atoms. The van der Waals surface area contributed by atoms with Gasteiger partial charge in [0.1, 0.15) is 0 Å². The molecule has 2 fully saturated rings. The molecule has 0 aromatic carbocycles. The van der Waals surface area contributed by atoms with Crippen molar-refractivity contribution in [2.24, 2.45) is 23.2 Å². The molecule has 1 heterocycles. The standard InChI is InChI=1S/C16H30N2O/c1-7-11(4)13-15(19)18(14(17-13)10(2)3)9-12-8-16(12,5)6/h10-14,17H,7-9H2,1-6H3. The lowest BCUT2D eigenvalue weighted by molar-refractivity contribution is -0.131. The Kier molecular flexibility index (Phi) is 3.97. The first-order valence-electron chi connectivity index (χ1n) is 7.84. The van der Waals surface area contributed by atoms with Crippen LogP contribution < -0.4 is 5.32 Å². The lowest BCUT2D eigenvalue weighted by Crippen LogP contribution is -2.43. The molecule has 0 aromatic rings. The minimum atomic E-state index is 0.0271. The highest BCUT2D eigenvalue weighted by Gasteiger charge is 2.50. The van der Waals surface area contributed by atoms with E-state index in [2.05, 4.69) is 51.8 Å². The zero-order chi connectivity index (χ0) is 14.4. The Labute approximate surface area is 118 Å². The lowest BCUT2D eigenvalue weighted by Gasteiger charge is -2.27. The maximum Gasteiger partial charge on any atom is 0.241 e. The van der Waals surface area contributed by atoms with Gasteiger partial charge in [-0.2, -0.15) is 0 Å². The minimum Gasteiger partial charge on any atom is -0.325 e. The lowest BCUT2D eigenvalue weighted by atomic mass is 9.99. The largest absolute Gasteiger partial charge is 0.325 e. The first-order valence-corrected chi connectivity index (χ1v) is 7.84. The van der Waals surface area contributed by atoms with Crippen molar-refractivity contribution >= 4 is 5.91 Å². The van der Waals surface area contributed by atoms with E-state index in [1.807, 2.05) is 0 Å². The average molecular weight is 266 g/mol. The molecular formula is C16H30N2O. The fourth-order valence-electron chi connectivity index (χ4n) is 3.19. The summed E-state index contributed by atoms with van der Waals surface area (Å²) in [6.07, 6.45) is 2.54. The number of hydrogen-bond acceptors (Lipinski definition) is 2. The van der Waals surface area contributed by atoms with Gasteiger partial charge in [-0.3, -0.25) is 10.1 Å². The first-order chi connectivity index (χ1) is 8.77. The molecule has 1 saturated carbocycles. The molecule has 1 saturated heterocycles. The number of carbonyl (C=O) groups is 1. The number of carbonyl (C=O) groups excluding carboxylic acids is 1. The summed E-state index contributed by atoms with van der Waals surface area (Å²) in [7, 11) is 0. The summed E-state index contributed by atoms with van der Waals surface area (Å²) >= 11 is 0. The molecule has 1 aliphatic heterocycles. The number of hydrogen-bond donors (Lipinski definition) is 1. The third-order valence-electron chi connectivity index (χ3n) is 5.21. The molecule has 2 rings (SSSR count). The van der Waals surface area contributed by atoms with Gasteiger partial charge < -0.3 is 4.90 Å². The van der Waals surface area contributed by atoms with Gasteiger partial charge in [-0.1, -0.05) is 48.0 Å². The number of nitrogens with one attached hydrogen (secondary N) is 1. The normalized spacial score (nSPS) is 35.0. The predicted octanol–water partition coefficient (Wildman–Crippen LogP) is 2.86. The molecule has 0 bridgehead atoms. The van der Waals surface area contributed by atoms with E-state index in [1.165, 1.54) is 6.42 Å². The quantitative estimate of drug-likeness (QED) is 0.830. The second kappa shape index (κ2) is 5.08. The SMILES string of the molecule is CCC(C)C1NC(C(C)C)N(CC2CC2(C)C)C1=O. The van der Waals surface area contributed by atoms with Gasteiger partial charge >= 0.3 is 0 Å². The van der Waals surface area contributed by atoms with E-state index < -0.39 is 0 Å². The van der Waals surface area contributed by atoms with Gasteiger partial charge in [0.15, 0.2) is 0 Å². The third-order valence-corrected chi connectivity index (χ3v) is 5.21. The summed E-state index contributed by atoms with van der Waals surface area (Å²) in [6.45, 7) is 14.3. The van der Waals surface area contributed by atoms with Gasteiger partial charge in [0.05, 0.1) is 12.2 Å². The molecule has 1 aliphatic carbocycles. The van der Waals surface area contributed by atoms with Crippen molar-refractivity contribution in [3.63, 3.8) is 0 Å². The van der Waals surface area contributed by atoms with E-state index in [4.69, 9.17) is 0 Å². The van der Waals surface area contributed by atoms with Crippen molar-refractivity contribution < 1.29 is 4.79 Å². The van der Waals surface area contributed by atoms with Crippen molar-refractivity contribution in [3.05, 3.63) is 0 Å². The molecule has 4 atom stereocenters. The maximum absolute atomic E-state index is 12.7. The van der Waals surface area contributed by atoms with Gasteiger partial charge in [0.2, 0.25) is 5.91 Å². The second-order valence-corrected chi connectivity index (χ2v) is 7.60. The number of amides is 1. The van der Waals surface area contributed by atoms with Crippen LogP contribution >= 0.6 is 0 Å². The van der Waals surface area contributed by atoms with Crippen LogP contribution in [-0.2, 0) is 4.79 Å². The van der Waals surface area contributed by atoms with Gasteiger partial charge in [-0.15, -0.1) is 0 Å². The van der Waals surface area contributed by atoms with Crippen LogP contribution in [0.5, 0.6) is 0 Å². The van der Waals surface area contributed by atoms with E-state index in [1.54, 1.807) is 0 Å². The van der Waals surface area contributed by atoms with Gasteiger partial charge in [0.25, 0.3) is 0 Å². The highest BCUT2D eigenvalue weighted by atomic mass is 16.2. The first kappa shape index (κ1) is 14.8. The molecule has 0 spiro atoms. The molecule has 3 heteroatoms. The van der Waals surface area contributed by atoms with Crippen molar-refractivity contribution in [2.45, 2.75) is 66.6 Å². The van der Waals surface area contributed by atoms with Gasteiger partial charge in [0, 0.05) is 6.54 Å². The molecule has 110 valence electrons. The van der Waals surface area contributed by atoms with Crippen LogP contribution in [-0.4, -0.2) is 29.6 Å². The van der Waals surface area contributed by atoms with E-state index in [9.17, 15) is 4.79 Å². The maximum atomic E-state index is 12.7. The van der Waals surface area contributed by atoms with Crippen molar-refractivity contribution in [1.29, 1.82) is 0 Å². The Bertz CT molecular complexity index is 351. The minimum absolute atomic E-state index is 0.0271. The second-order valence-electron chi connectivity index (χ2n) is 7.60. The van der Waals surface area contributed by atoms with Gasteiger partial charge in [-0.25, -0.2) is 0 Å². The number of nitrogens with zero attached hydrogens (tertiary/aromatic N) is 1. The highest BCUT2D eigenvalue weighted by Crippen LogP contribution is 2.52. The van der Waals surface area contributed by atoms with Crippen LogP contribution in [0.3, 0.4) is 0 Å². The van der Waals surface area contributed by atoms with E-state index in [0.29, 0.717) is 29.1 Å². The average Bonchev–Trinajstić information content (AvgIpc) is 2.78. The Hall–Kier alpha value is -0.570. The molecule has 4 unspecified atom stereocenters.